The molecule has 6 aromatic rings. The molecule has 0 aliphatic rings. The molecular formula is C30H26NO2P. The summed E-state index contributed by atoms with van der Waals surface area (Å²) in [6.45, 7) is 5.21. The van der Waals surface area contributed by atoms with Crippen LogP contribution >= 0.6 is 8.16 Å². The first kappa shape index (κ1) is 21.0. The van der Waals surface area contributed by atoms with Crippen molar-refractivity contribution in [3.05, 3.63) is 109 Å². The van der Waals surface area contributed by atoms with Gasteiger partial charge in [-0.05, 0) is 46.2 Å². The lowest BCUT2D eigenvalue weighted by Gasteiger charge is -2.24. The smallest absolute Gasteiger partial charge is 0.310 e. The van der Waals surface area contributed by atoms with Crippen molar-refractivity contribution in [3.63, 3.8) is 0 Å². The molecule has 0 aliphatic heterocycles. The van der Waals surface area contributed by atoms with Crippen LogP contribution in [0.3, 0.4) is 0 Å². The van der Waals surface area contributed by atoms with Gasteiger partial charge in [-0.15, -0.1) is 0 Å². The Balaban J connectivity index is 1.74. The maximum absolute atomic E-state index is 6.76. The molecule has 1 heterocycles. The van der Waals surface area contributed by atoms with Crippen LogP contribution in [-0.4, -0.2) is 6.54 Å². The predicted octanol–water partition coefficient (Wildman–Crippen LogP) is 9.32. The number of hydrogen-bond acceptors (Lipinski definition) is 3. The van der Waals surface area contributed by atoms with Gasteiger partial charge in [0.1, 0.15) is 11.2 Å². The number of fused-ring (bicyclic) bond motifs is 7. The summed E-state index contributed by atoms with van der Waals surface area (Å²) in [5.74, 6) is 0. The van der Waals surface area contributed by atoms with Crippen molar-refractivity contribution in [2.24, 2.45) is 0 Å². The molecule has 0 saturated carbocycles. The van der Waals surface area contributed by atoms with Gasteiger partial charge in [-0.1, -0.05) is 97.9 Å². The molecule has 0 aliphatic carbocycles. The lowest BCUT2D eigenvalue weighted by molar-refractivity contribution is 0.600. The van der Waals surface area contributed by atoms with Crippen molar-refractivity contribution in [2.75, 3.05) is 11.2 Å². The summed E-state index contributed by atoms with van der Waals surface area (Å²) >= 11 is 0. The lowest BCUT2D eigenvalue weighted by Crippen LogP contribution is -2.23. The predicted molar refractivity (Wildman–Crippen MR) is 145 cm³/mol. The topological polar surface area (TPSA) is 29.5 Å². The van der Waals surface area contributed by atoms with Gasteiger partial charge in [0.25, 0.3) is 0 Å². The highest BCUT2D eigenvalue weighted by Crippen LogP contribution is 2.44. The Bertz CT molecular complexity index is 1580. The second-order valence-electron chi connectivity index (χ2n) is 8.58. The molecule has 5 aromatic carbocycles. The first-order valence-electron chi connectivity index (χ1n) is 11.8. The van der Waals surface area contributed by atoms with E-state index in [1.54, 1.807) is 0 Å². The van der Waals surface area contributed by atoms with Gasteiger partial charge < -0.3 is 8.39 Å². The number of benzene rings is 5. The molecular weight excluding hydrogens is 437 g/mol. The first-order chi connectivity index (χ1) is 16.7. The Kier molecular flexibility index (Phi) is 5.37. The summed E-state index contributed by atoms with van der Waals surface area (Å²) in [5.41, 5.74) is 3.00. The largest absolute Gasteiger partial charge is 0.408 e. The van der Waals surface area contributed by atoms with E-state index in [0.717, 1.165) is 28.5 Å². The average Bonchev–Trinajstić information content (AvgIpc) is 3.06. The van der Waals surface area contributed by atoms with Crippen molar-refractivity contribution in [1.29, 1.82) is 0 Å². The highest BCUT2D eigenvalue weighted by molar-refractivity contribution is 7.39. The van der Waals surface area contributed by atoms with E-state index in [1.165, 1.54) is 27.1 Å². The minimum absolute atomic E-state index is 0.156. The van der Waals surface area contributed by atoms with Gasteiger partial charge in [0.2, 0.25) is 0 Å². The second kappa shape index (κ2) is 8.68. The quantitative estimate of drug-likeness (QED) is 0.261. The molecule has 0 spiro atoms. The van der Waals surface area contributed by atoms with Gasteiger partial charge in [0.15, 0.2) is 0 Å². The summed E-state index contributed by atoms with van der Waals surface area (Å²) in [5, 5.41) is 6.96. The Morgan fingerprint density at radius 2 is 1.15 bits per heavy atom. The molecule has 0 fully saturated rings. The van der Waals surface area contributed by atoms with Crippen LogP contribution in [0.25, 0.3) is 43.5 Å². The lowest BCUT2D eigenvalue weighted by atomic mass is 9.99. The Hall–Kier alpha value is -3.52. The molecule has 168 valence electrons. The number of nitrogens with zero attached hydrogens (tertiary/aromatic N) is 1. The summed E-state index contributed by atoms with van der Waals surface area (Å²) in [4.78, 5) is 0. The molecule has 0 unspecified atom stereocenters. The third-order valence-corrected chi connectivity index (χ3v) is 8.40. The Morgan fingerprint density at radius 3 is 1.68 bits per heavy atom. The van der Waals surface area contributed by atoms with Gasteiger partial charge in [-0.3, -0.25) is 0 Å². The molecule has 0 saturated heterocycles. The summed E-state index contributed by atoms with van der Waals surface area (Å²) in [6, 6.07) is 36.3. The minimum Gasteiger partial charge on any atom is -0.408 e. The normalized spacial score (nSPS) is 12.7. The van der Waals surface area contributed by atoms with Crippen LogP contribution in [0.4, 0.5) is 0 Å². The maximum atomic E-state index is 6.76. The monoisotopic (exact) mass is 463 g/mol. The van der Waals surface area contributed by atoms with Crippen LogP contribution in [0.2, 0.25) is 0 Å². The molecule has 0 radical (unpaired) electrons. The second-order valence-corrected chi connectivity index (χ2v) is 9.94. The van der Waals surface area contributed by atoms with Crippen LogP contribution in [0.1, 0.15) is 25.5 Å². The minimum atomic E-state index is -1.38. The van der Waals surface area contributed by atoms with Crippen LogP contribution in [0.5, 0.6) is 0 Å². The first-order valence-corrected chi connectivity index (χ1v) is 12.9. The standard InChI is InChI=1S/C30H26NO2P/c1-3-31(21(2)22-11-5-4-6-12-22)34-32-27-19-17-23-13-7-9-15-25(23)29(27)30-26-16-10-8-14-24(26)18-20-28(30)33-34/h4-21H,3H2,1-2H3/t21-/m0/s1. The van der Waals surface area contributed by atoms with Gasteiger partial charge in [-0.2, -0.15) is 4.67 Å². The fourth-order valence-corrected chi connectivity index (χ4v) is 6.43. The zero-order valence-corrected chi connectivity index (χ0v) is 20.2. The zero-order chi connectivity index (χ0) is 23.1. The molecule has 3 nitrogen and oxygen atoms in total. The highest BCUT2D eigenvalue weighted by atomic mass is 31.1. The molecule has 0 amide bonds. The third-order valence-electron chi connectivity index (χ3n) is 6.65. The molecule has 1 aromatic heterocycles. The van der Waals surface area contributed by atoms with E-state index in [0.29, 0.717) is 0 Å². The molecule has 0 bridgehead atoms. The van der Waals surface area contributed by atoms with Crippen LogP contribution in [-0.2, 0) is 0 Å². The van der Waals surface area contributed by atoms with Gasteiger partial charge in [-0.25, -0.2) is 0 Å². The van der Waals surface area contributed by atoms with Gasteiger partial charge in [0.05, 0.1) is 0 Å². The van der Waals surface area contributed by atoms with Crippen molar-refractivity contribution < 1.29 is 8.39 Å². The maximum Gasteiger partial charge on any atom is 0.310 e. The molecule has 34 heavy (non-hydrogen) atoms. The van der Waals surface area contributed by atoms with Crippen molar-refractivity contribution in [3.8, 4) is 0 Å². The molecule has 0 N–H and O–H groups in total. The van der Waals surface area contributed by atoms with E-state index in [9.17, 15) is 0 Å². The Labute approximate surface area is 199 Å². The van der Waals surface area contributed by atoms with Crippen molar-refractivity contribution in [1.82, 2.24) is 0 Å². The molecule has 4 heteroatoms. The van der Waals surface area contributed by atoms with Crippen LogP contribution in [0, 0.1) is 0 Å². The highest BCUT2D eigenvalue weighted by Gasteiger charge is 2.22. The van der Waals surface area contributed by atoms with E-state index in [4.69, 9.17) is 8.39 Å². The van der Waals surface area contributed by atoms with Gasteiger partial charge >= 0.3 is 8.16 Å². The van der Waals surface area contributed by atoms with Gasteiger partial charge in [0, 0.05) is 23.4 Å². The van der Waals surface area contributed by atoms with E-state index < -0.39 is 8.16 Å². The Morgan fingerprint density at radius 1 is 0.647 bits per heavy atom. The third kappa shape index (κ3) is 3.49. The summed E-state index contributed by atoms with van der Waals surface area (Å²) < 4.78 is 15.8. The summed E-state index contributed by atoms with van der Waals surface area (Å²) in [7, 11) is -1.38. The summed E-state index contributed by atoms with van der Waals surface area (Å²) in [6.07, 6.45) is 0. The van der Waals surface area contributed by atoms with E-state index in [-0.39, 0.29) is 6.04 Å². The fourth-order valence-electron chi connectivity index (χ4n) is 4.90. The van der Waals surface area contributed by atoms with Crippen molar-refractivity contribution >= 4 is 51.6 Å². The van der Waals surface area contributed by atoms with E-state index in [2.05, 4.69) is 122 Å². The fraction of sp³-hybridized carbons (Fsp3) is 0.133. The van der Waals surface area contributed by atoms with Crippen LogP contribution in [0.15, 0.2) is 112 Å². The van der Waals surface area contributed by atoms with Crippen molar-refractivity contribution in [2.45, 2.75) is 19.9 Å². The average molecular weight is 464 g/mol. The molecule has 1 atom stereocenters. The number of hydrogen-bond donors (Lipinski definition) is 0. The number of rotatable bonds is 4. The van der Waals surface area contributed by atoms with E-state index >= 15 is 0 Å². The van der Waals surface area contributed by atoms with Crippen LogP contribution < -0.4 is 4.67 Å². The molecule has 6 rings (SSSR count). The SMILES string of the molecule is CCN([C@@H](C)c1ccccc1)p1oc2ccc3ccccc3c2c2c(ccc3ccccc32)o1. The van der Waals surface area contributed by atoms with E-state index in [1.807, 2.05) is 0 Å². The zero-order valence-electron chi connectivity index (χ0n) is 19.3.